The third-order valence-corrected chi connectivity index (χ3v) is 2.30. The van der Waals surface area contributed by atoms with Gasteiger partial charge in [-0.1, -0.05) is 18.2 Å². The summed E-state index contributed by atoms with van der Waals surface area (Å²) in [5.41, 5.74) is 0.809. The lowest BCUT2D eigenvalue weighted by Gasteiger charge is -2.00. The molecule has 0 fully saturated rings. The molecule has 84 valence electrons. The highest BCUT2D eigenvalue weighted by Crippen LogP contribution is 2.19. The summed E-state index contributed by atoms with van der Waals surface area (Å²) in [6.45, 7) is 0.884. The molecule has 0 unspecified atom stereocenters. The van der Waals surface area contributed by atoms with Crippen molar-refractivity contribution >= 4 is 16.7 Å². The zero-order chi connectivity index (χ0) is 11.7. The summed E-state index contributed by atoms with van der Waals surface area (Å²) in [6, 6.07) is 6.87. The van der Waals surface area contributed by atoms with E-state index >= 15 is 0 Å². The Hall–Kier alpha value is -1.78. The minimum atomic E-state index is -2.48. The second-order valence-corrected chi connectivity index (χ2v) is 3.50. The van der Waals surface area contributed by atoms with Crippen LogP contribution in [0.25, 0.3) is 10.9 Å². The Labute approximate surface area is 90.7 Å². The van der Waals surface area contributed by atoms with E-state index in [2.05, 4.69) is 5.10 Å². The first kappa shape index (κ1) is 10.7. The number of fused-ring (bicyclic) bond motifs is 1. The maximum Gasteiger partial charge on any atom is 0.257 e. The first-order valence-electron chi connectivity index (χ1n) is 4.84. The van der Waals surface area contributed by atoms with Crippen molar-refractivity contribution in [1.29, 1.82) is 0 Å². The first-order valence-corrected chi connectivity index (χ1v) is 4.84. The number of carbonyl (C=O) groups is 1. The van der Waals surface area contributed by atoms with Crippen molar-refractivity contribution < 1.29 is 13.6 Å². The molecule has 0 atom stereocenters. The number of para-hydroxylation sites is 1. The number of benzene rings is 1. The molecular formula is C11H10F2N2O. The standard InChI is InChI=1S/C11H10F2N2O/c1-7(16)11-8-4-2-3-5-9(8)15(14-11)6-10(12)13/h2-5,10H,6H2,1H3. The number of hydrogen-bond donors (Lipinski definition) is 0. The zero-order valence-electron chi connectivity index (χ0n) is 8.65. The van der Waals surface area contributed by atoms with Crippen LogP contribution in [0.2, 0.25) is 0 Å². The van der Waals surface area contributed by atoms with E-state index in [4.69, 9.17) is 0 Å². The molecule has 0 spiro atoms. The minimum Gasteiger partial charge on any atom is -0.293 e. The molecule has 0 radical (unpaired) electrons. The van der Waals surface area contributed by atoms with E-state index in [0.717, 1.165) is 0 Å². The van der Waals surface area contributed by atoms with Crippen LogP contribution in [0.1, 0.15) is 17.4 Å². The summed E-state index contributed by atoms with van der Waals surface area (Å²) in [7, 11) is 0. The largest absolute Gasteiger partial charge is 0.293 e. The van der Waals surface area contributed by atoms with Crippen molar-refractivity contribution in [3.63, 3.8) is 0 Å². The molecule has 16 heavy (non-hydrogen) atoms. The Morgan fingerprint density at radius 2 is 2.12 bits per heavy atom. The predicted molar refractivity (Wildman–Crippen MR) is 55.7 cm³/mol. The van der Waals surface area contributed by atoms with Gasteiger partial charge in [0.05, 0.1) is 5.52 Å². The van der Waals surface area contributed by atoms with Gasteiger partial charge in [0, 0.05) is 12.3 Å². The molecule has 3 nitrogen and oxygen atoms in total. The van der Waals surface area contributed by atoms with Gasteiger partial charge in [-0.15, -0.1) is 0 Å². The molecule has 0 aliphatic carbocycles. The number of halogens is 2. The van der Waals surface area contributed by atoms with Crippen molar-refractivity contribution in [1.82, 2.24) is 9.78 Å². The van der Waals surface area contributed by atoms with Crippen LogP contribution >= 0.6 is 0 Å². The second kappa shape index (κ2) is 4.00. The normalized spacial score (nSPS) is 11.2. The van der Waals surface area contributed by atoms with Crippen LogP contribution in [-0.2, 0) is 6.54 Å². The molecule has 0 saturated carbocycles. The van der Waals surface area contributed by atoms with Crippen LogP contribution in [0.4, 0.5) is 8.78 Å². The van der Waals surface area contributed by atoms with Crippen molar-refractivity contribution in [3.05, 3.63) is 30.0 Å². The number of ketones is 1. The molecule has 1 heterocycles. The van der Waals surface area contributed by atoms with Gasteiger partial charge in [0.2, 0.25) is 0 Å². The van der Waals surface area contributed by atoms with Gasteiger partial charge in [0.25, 0.3) is 6.43 Å². The van der Waals surface area contributed by atoms with Gasteiger partial charge in [-0.25, -0.2) is 8.78 Å². The third-order valence-electron chi connectivity index (χ3n) is 2.30. The number of hydrogen-bond acceptors (Lipinski definition) is 2. The van der Waals surface area contributed by atoms with Gasteiger partial charge in [-0.05, 0) is 6.07 Å². The smallest absolute Gasteiger partial charge is 0.257 e. The maximum absolute atomic E-state index is 12.3. The van der Waals surface area contributed by atoms with Gasteiger partial charge >= 0.3 is 0 Å². The van der Waals surface area contributed by atoms with E-state index in [0.29, 0.717) is 10.9 Å². The summed E-state index contributed by atoms with van der Waals surface area (Å²) in [4.78, 5) is 11.3. The number of nitrogens with zero attached hydrogens (tertiary/aromatic N) is 2. The summed E-state index contributed by atoms with van der Waals surface area (Å²) < 4.78 is 25.8. The van der Waals surface area contributed by atoms with E-state index in [1.807, 2.05) is 0 Å². The molecule has 0 amide bonds. The summed E-state index contributed by atoms with van der Waals surface area (Å²) in [5, 5.41) is 4.54. The summed E-state index contributed by atoms with van der Waals surface area (Å²) >= 11 is 0. The van der Waals surface area contributed by atoms with Crippen molar-refractivity contribution in [3.8, 4) is 0 Å². The summed E-state index contributed by atoms with van der Waals surface area (Å²) in [6.07, 6.45) is -2.48. The number of rotatable bonds is 3. The zero-order valence-corrected chi connectivity index (χ0v) is 8.65. The second-order valence-electron chi connectivity index (χ2n) is 3.50. The number of alkyl halides is 2. The van der Waals surface area contributed by atoms with Crippen LogP contribution in [0, 0.1) is 0 Å². The average Bonchev–Trinajstić information content (AvgIpc) is 2.57. The highest BCUT2D eigenvalue weighted by atomic mass is 19.3. The molecular weight excluding hydrogens is 214 g/mol. The molecule has 0 aliphatic heterocycles. The van der Waals surface area contributed by atoms with Gasteiger partial charge < -0.3 is 0 Å². The molecule has 2 aromatic rings. The maximum atomic E-state index is 12.3. The summed E-state index contributed by atoms with van der Waals surface area (Å²) in [5.74, 6) is -0.218. The monoisotopic (exact) mass is 224 g/mol. The van der Waals surface area contributed by atoms with E-state index < -0.39 is 13.0 Å². The Morgan fingerprint density at radius 1 is 1.44 bits per heavy atom. The third kappa shape index (κ3) is 1.80. The number of Topliss-reactive ketones (excluding diaryl/α,β-unsaturated/α-hetero) is 1. The van der Waals surface area contributed by atoms with Crippen molar-refractivity contribution in [2.24, 2.45) is 0 Å². The minimum absolute atomic E-state index is 0.218. The fourth-order valence-corrected chi connectivity index (χ4v) is 1.66. The Bertz CT molecular complexity index is 534. The van der Waals surface area contributed by atoms with Crippen molar-refractivity contribution in [2.45, 2.75) is 19.9 Å². The molecule has 0 saturated heterocycles. The van der Waals surface area contributed by atoms with Gasteiger partial charge in [0.15, 0.2) is 5.78 Å². The predicted octanol–water partition coefficient (Wildman–Crippen LogP) is 2.50. The van der Waals surface area contributed by atoms with E-state index in [1.54, 1.807) is 24.3 Å². The quantitative estimate of drug-likeness (QED) is 0.751. The lowest BCUT2D eigenvalue weighted by atomic mass is 10.2. The SMILES string of the molecule is CC(=O)c1nn(CC(F)F)c2ccccc12. The highest BCUT2D eigenvalue weighted by Gasteiger charge is 2.15. The topological polar surface area (TPSA) is 34.9 Å². The van der Waals surface area contributed by atoms with Crippen LogP contribution < -0.4 is 0 Å². The van der Waals surface area contributed by atoms with E-state index in [-0.39, 0.29) is 11.5 Å². The van der Waals surface area contributed by atoms with E-state index in [1.165, 1.54) is 11.6 Å². The Morgan fingerprint density at radius 3 is 2.75 bits per heavy atom. The lowest BCUT2D eigenvalue weighted by molar-refractivity contribution is 0.100. The van der Waals surface area contributed by atoms with Gasteiger partial charge in [-0.2, -0.15) is 5.10 Å². The molecule has 1 aromatic heterocycles. The molecule has 0 bridgehead atoms. The van der Waals surface area contributed by atoms with Crippen LogP contribution in [0.15, 0.2) is 24.3 Å². The molecule has 5 heteroatoms. The average molecular weight is 224 g/mol. The van der Waals surface area contributed by atoms with Crippen LogP contribution in [-0.4, -0.2) is 22.0 Å². The molecule has 1 aromatic carbocycles. The van der Waals surface area contributed by atoms with E-state index in [9.17, 15) is 13.6 Å². The van der Waals surface area contributed by atoms with Crippen molar-refractivity contribution in [2.75, 3.05) is 0 Å². The number of carbonyl (C=O) groups excluding carboxylic acids is 1. The number of aromatic nitrogens is 2. The fourth-order valence-electron chi connectivity index (χ4n) is 1.66. The van der Waals surface area contributed by atoms with Gasteiger partial charge in [-0.3, -0.25) is 9.48 Å². The fraction of sp³-hybridized carbons (Fsp3) is 0.273. The van der Waals surface area contributed by atoms with Gasteiger partial charge in [0.1, 0.15) is 12.2 Å². The lowest BCUT2D eigenvalue weighted by Crippen LogP contribution is -2.08. The highest BCUT2D eigenvalue weighted by molar-refractivity contribution is 6.04. The first-order chi connectivity index (χ1) is 7.59. The van der Waals surface area contributed by atoms with Crippen LogP contribution in [0.3, 0.4) is 0 Å². The van der Waals surface area contributed by atoms with Crippen LogP contribution in [0.5, 0.6) is 0 Å². The molecule has 0 aliphatic rings. The Kier molecular flexibility index (Phi) is 2.68. The molecule has 2 rings (SSSR count). The Balaban J connectivity index is 2.62. The molecule has 0 N–H and O–H groups in total.